The zero-order valence-electron chi connectivity index (χ0n) is 21.7. The molecule has 0 saturated carbocycles. The predicted molar refractivity (Wildman–Crippen MR) is 139 cm³/mol. The lowest BCUT2D eigenvalue weighted by Crippen LogP contribution is -2.27. The summed E-state index contributed by atoms with van der Waals surface area (Å²) in [5, 5.41) is 0. The Kier molecular flexibility index (Phi) is 7.39. The quantitative estimate of drug-likeness (QED) is 0.363. The zero-order chi connectivity index (χ0) is 24.3. The van der Waals surface area contributed by atoms with E-state index in [0.29, 0.717) is 13.2 Å². The average molecular weight is 445 g/mol. The molecule has 0 aromatic heterocycles. The number of hydrogen-bond acceptors (Lipinski definition) is 2. The summed E-state index contributed by atoms with van der Waals surface area (Å²) in [6.07, 6.45) is 0. The number of hydrogen-bond donors (Lipinski definition) is 0. The fourth-order valence-corrected chi connectivity index (χ4v) is 4.07. The van der Waals surface area contributed by atoms with Gasteiger partial charge in [-0.1, -0.05) is 104 Å². The number of rotatable bonds is 7. The lowest BCUT2D eigenvalue weighted by atomic mass is 9.72. The summed E-state index contributed by atoms with van der Waals surface area (Å²) in [6, 6.07) is 25.0. The molecule has 0 unspecified atom stereocenters. The van der Waals surface area contributed by atoms with Gasteiger partial charge in [-0.2, -0.15) is 0 Å². The molecule has 0 heterocycles. The Hall–Kier alpha value is -2.58. The van der Waals surface area contributed by atoms with Gasteiger partial charge in [-0.15, -0.1) is 0 Å². The van der Waals surface area contributed by atoms with Crippen molar-refractivity contribution in [3.63, 3.8) is 0 Å². The minimum absolute atomic E-state index is 0.0887. The molecular formula is C31H40O2. The largest absolute Gasteiger partial charge is 0.457 e. The summed E-state index contributed by atoms with van der Waals surface area (Å²) in [7, 11) is 0. The molecule has 0 aliphatic rings. The fraction of sp³-hybridized carbons (Fsp3) is 0.419. The van der Waals surface area contributed by atoms with Crippen LogP contribution in [0.15, 0.2) is 72.8 Å². The van der Waals surface area contributed by atoms with Gasteiger partial charge in [0.05, 0.1) is 13.2 Å². The summed E-state index contributed by atoms with van der Waals surface area (Å²) < 4.78 is 12.2. The summed E-state index contributed by atoms with van der Waals surface area (Å²) >= 11 is 0. The summed E-state index contributed by atoms with van der Waals surface area (Å²) in [4.78, 5) is 0. The molecule has 33 heavy (non-hydrogen) atoms. The zero-order valence-corrected chi connectivity index (χ0v) is 21.7. The standard InChI is InChI=1S/C31H40O2/c1-29(2,3)27-18-17-24(20-28(27)30(4,5)6)31(7,8)22-32-21-23-13-12-16-26(19-23)33-25-14-10-9-11-15-25/h9-20H,21-22H2,1-8H3. The Morgan fingerprint density at radius 2 is 1.24 bits per heavy atom. The molecule has 176 valence electrons. The third-order valence-electron chi connectivity index (χ3n) is 6.03. The van der Waals surface area contributed by atoms with Crippen LogP contribution in [-0.4, -0.2) is 6.61 Å². The smallest absolute Gasteiger partial charge is 0.127 e. The van der Waals surface area contributed by atoms with E-state index in [0.717, 1.165) is 17.1 Å². The van der Waals surface area contributed by atoms with Gasteiger partial charge in [0.15, 0.2) is 0 Å². The van der Waals surface area contributed by atoms with Crippen LogP contribution in [0.2, 0.25) is 0 Å². The van der Waals surface area contributed by atoms with Crippen molar-refractivity contribution in [3.8, 4) is 11.5 Å². The number of ether oxygens (including phenoxy) is 2. The Morgan fingerprint density at radius 1 is 0.606 bits per heavy atom. The second-order valence-corrected chi connectivity index (χ2v) is 11.7. The Morgan fingerprint density at radius 3 is 1.88 bits per heavy atom. The molecule has 0 N–H and O–H groups in total. The highest BCUT2D eigenvalue weighted by Crippen LogP contribution is 2.37. The summed E-state index contributed by atoms with van der Waals surface area (Å²) in [5.74, 6) is 1.67. The van der Waals surface area contributed by atoms with Crippen LogP contribution in [-0.2, 0) is 27.6 Å². The first-order valence-electron chi connectivity index (χ1n) is 11.9. The van der Waals surface area contributed by atoms with E-state index in [-0.39, 0.29) is 16.2 Å². The minimum Gasteiger partial charge on any atom is -0.457 e. The lowest BCUT2D eigenvalue weighted by molar-refractivity contribution is 0.0823. The topological polar surface area (TPSA) is 18.5 Å². The molecule has 0 aliphatic carbocycles. The molecule has 0 radical (unpaired) electrons. The Labute approximate surface area is 201 Å². The van der Waals surface area contributed by atoms with Gasteiger partial charge in [-0.05, 0) is 57.3 Å². The van der Waals surface area contributed by atoms with Gasteiger partial charge in [0.2, 0.25) is 0 Å². The van der Waals surface area contributed by atoms with Crippen molar-refractivity contribution in [3.05, 3.63) is 95.1 Å². The normalized spacial score (nSPS) is 12.6. The van der Waals surface area contributed by atoms with E-state index < -0.39 is 0 Å². The molecule has 0 spiro atoms. The monoisotopic (exact) mass is 444 g/mol. The van der Waals surface area contributed by atoms with Gasteiger partial charge in [0.1, 0.15) is 11.5 Å². The van der Waals surface area contributed by atoms with E-state index in [2.05, 4.69) is 85.7 Å². The van der Waals surface area contributed by atoms with E-state index in [1.165, 1.54) is 16.7 Å². The molecular weight excluding hydrogens is 404 g/mol. The lowest BCUT2D eigenvalue weighted by Gasteiger charge is -2.33. The molecule has 3 aromatic carbocycles. The highest BCUT2D eigenvalue weighted by molar-refractivity contribution is 5.43. The van der Waals surface area contributed by atoms with Crippen molar-refractivity contribution >= 4 is 0 Å². The van der Waals surface area contributed by atoms with Crippen molar-refractivity contribution in [2.75, 3.05) is 6.61 Å². The van der Waals surface area contributed by atoms with Crippen LogP contribution >= 0.6 is 0 Å². The maximum atomic E-state index is 6.21. The van der Waals surface area contributed by atoms with E-state index in [4.69, 9.17) is 9.47 Å². The molecule has 0 atom stereocenters. The molecule has 0 aliphatic heterocycles. The van der Waals surface area contributed by atoms with Crippen LogP contribution in [0, 0.1) is 0 Å². The van der Waals surface area contributed by atoms with Gasteiger partial charge in [0, 0.05) is 5.41 Å². The van der Waals surface area contributed by atoms with Crippen LogP contribution in [0.4, 0.5) is 0 Å². The van der Waals surface area contributed by atoms with Gasteiger partial charge >= 0.3 is 0 Å². The SMILES string of the molecule is CC(C)(C)c1ccc(C(C)(C)COCc2cccc(Oc3ccccc3)c2)cc1C(C)(C)C. The Balaban J connectivity index is 1.70. The maximum absolute atomic E-state index is 6.21. The molecule has 3 rings (SSSR count). The van der Waals surface area contributed by atoms with Crippen LogP contribution in [0.1, 0.15) is 77.6 Å². The van der Waals surface area contributed by atoms with E-state index in [1.54, 1.807) is 0 Å². The molecule has 2 heteroatoms. The van der Waals surface area contributed by atoms with Crippen molar-refractivity contribution < 1.29 is 9.47 Å². The molecule has 2 nitrogen and oxygen atoms in total. The first-order chi connectivity index (χ1) is 15.4. The van der Waals surface area contributed by atoms with Crippen LogP contribution < -0.4 is 4.74 Å². The van der Waals surface area contributed by atoms with Gasteiger partial charge in [-0.25, -0.2) is 0 Å². The van der Waals surface area contributed by atoms with Crippen molar-refractivity contribution in [2.45, 2.75) is 78.2 Å². The third-order valence-corrected chi connectivity index (χ3v) is 6.03. The van der Waals surface area contributed by atoms with Gasteiger partial charge in [0.25, 0.3) is 0 Å². The predicted octanol–water partition coefficient (Wildman–Crippen LogP) is 8.57. The fourth-order valence-electron chi connectivity index (χ4n) is 4.07. The highest BCUT2D eigenvalue weighted by atomic mass is 16.5. The highest BCUT2D eigenvalue weighted by Gasteiger charge is 2.28. The summed E-state index contributed by atoms with van der Waals surface area (Å²) in [5.41, 5.74) is 5.40. The molecule has 3 aromatic rings. The van der Waals surface area contributed by atoms with Crippen molar-refractivity contribution in [2.24, 2.45) is 0 Å². The first kappa shape index (κ1) is 25.1. The molecule has 0 bridgehead atoms. The second kappa shape index (κ2) is 9.73. The number of para-hydroxylation sites is 1. The molecule has 0 saturated heterocycles. The number of benzene rings is 3. The maximum Gasteiger partial charge on any atom is 0.127 e. The van der Waals surface area contributed by atoms with Gasteiger partial charge in [-0.3, -0.25) is 0 Å². The molecule has 0 fully saturated rings. The van der Waals surface area contributed by atoms with Gasteiger partial charge < -0.3 is 9.47 Å². The van der Waals surface area contributed by atoms with Crippen LogP contribution in [0.25, 0.3) is 0 Å². The first-order valence-corrected chi connectivity index (χ1v) is 11.9. The van der Waals surface area contributed by atoms with Crippen molar-refractivity contribution in [1.82, 2.24) is 0 Å². The third kappa shape index (κ3) is 6.71. The van der Waals surface area contributed by atoms with E-state index in [1.807, 2.05) is 42.5 Å². The Bertz CT molecular complexity index is 1050. The van der Waals surface area contributed by atoms with E-state index >= 15 is 0 Å². The summed E-state index contributed by atoms with van der Waals surface area (Å²) in [6.45, 7) is 19.5. The van der Waals surface area contributed by atoms with E-state index in [9.17, 15) is 0 Å². The average Bonchev–Trinajstić information content (AvgIpc) is 2.73. The second-order valence-electron chi connectivity index (χ2n) is 11.7. The molecule has 0 amide bonds. The van der Waals surface area contributed by atoms with Crippen molar-refractivity contribution in [1.29, 1.82) is 0 Å². The van der Waals surface area contributed by atoms with Crippen LogP contribution in [0.3, 0.4) is 0 Å². The van der Waals surface area contributed by atoms with Crippen LogP contribution in [0.5, 0.6) is 11.5 Å². The minimum atomic E-state index is -0.0887.